The Hall–Kier alpha value is -3.94. The third kappa shape index (κ3) is 5.21. The average Bonchev–Trinajstić information content (AvgIpc) is 2.81. The van der Waals surface area contributed by atoms with E-state index < -0.39 is 5.92 Å². The van der Waals surface area contributed by atoms with Gasteiger partial charge in [0.15, 0.2) is 5.43 Å². The van der Waals surface area contributed by atoms with Gasteiger partial charge in [-0.2, -0.15) is 10.5 Å². The monoisotopic (exact) mass is 427 g/mol. The van der Waals surface area contributed by atoms with Gasteiger partial charge in [0.25, 0.3) is 0 Å². The van der Waals surface area contributed by atoms with E-state index in [4.69, 9.17) is 10.2 Å². The largest absolute Gasteiger partial charge is 0.460 e. The number of nitrogens with one attached hydrogen (secondary N) is 1. The predicted octanol–water partition coefficient (Wildman–Crippen LogP) is 2.78. The molecule has 1 atom stereocenters. The predicted molar refractivity (Wildman–Crippen MR) is 120 cm³/mol. The Balaban J connectivity index is 2.04. The van der Waals surface area contributed by atoms with E-state index in [1.165, 1.54) is 6.07 Å². The summed E-state index contributed by atoms with van der Waals surface area (Å²) in [5.41, 5.74) is 7.54. The molecule has 1 amide bonds. The van der Waals surface area contributed by atoms with Crippen LogP contribution < -0.4 is 16.5 Å². The first-order chi connectivity index (χ1) is 15.5. The van der Waals surface area contributed by atoms with Crippen molar-refractivity contribution in [2.45, 2.75) is 19.8 Å². The van der Waals surface area contributed by atoms with E-state index in [0.717, 1.165) is 5.56 Å². The second-order valence-electron chi connectivity index (χ2n) is 7.47. The lowest BCUT2D eigenvalue weighted by molar-refractivity contribution is -0.123. The second-order valence-corrected chi connectivity index (χ2v) is 7.47. The molecule has 7 heteroatoms. The Morgan fingerprint density at radius 1 is 1.19 bits per heavy atom. The van der Waals surface area contributed by atoms with E-state index in [-0.39, 0.29) is 29.1 Å². The molecule has 0 saturated heterocycles. The fourth-order valence-corrected chi connectivity index (χ4v) is 3.35. The van der Waals surface area contributed by atoms with Crippen molar-refractivity contribution in [2.24, 2.45) is 11.7 Å². The normalized spacial score (nSPS) is 11.5. The van der Waals surface area contributed by atoms with Gasteiger partial charge in [-0.15, -0.1) is 0 Å². The summed E-state index contributed by atoms with van der Waals surface area (Å²) in [6.45, 7) is 2.66. The molecule has 3 aromatic rings. The number of rotatable bonds is 8. The highest BCUT2D eigenvalue weighted by Crippen LogP contribution is 2.23. The summed E-state index contributed by atoms with van der Waals surface area (Å²) >= 11 is 0. The number of carbonyl (C=O) groups excluding carboxylic acids is 1. The summed E-state index contributed by atoms with van der Waals surface area (Å²) in [7, 11) is 0. The fourth-order valence-electron chi connectivity index (χ4n) is 3.35. The number of hydrogen-bond donors (Lipinski definition) is 2. The van der Waals surface area contributed by atoms with Crippen LogP contribution >= 0.6 is 0 Å². The standard InChI is InChI=1S/C25H23N4O3/c1-16(25(31)29-9-3-8-26)10-22-21(12-17-4-2-5-18(11-17)14-27)24(30)20-7-6-19(15-28)13-23(20)32-22/h2,4-7,10-11,13,16H,3,8-9,12,26H2,1H3,(H,29,31). The zero-order valence-corrected chi connectivity index (χ0v) is 17.7. The minimum atomic E-state index is -0.559. The minimum Gasteiger partial charge on any atom is -0.460 e. The van der Waals surface area contributed by atoms with Crippen molar-refractivity contribution >= 4 is 16.9 Å². The number of nitrogens with two attached hydrogens (primary N) is 1. The maximum atomic E-state index is 13.3. The maximum absolute atomic E-state index is 13.3. The van der Waals surface area contributed by atoms with Crippen LogP contribution in [0.2, 0.25) is 0 Å². The lowest BCUT2D eigenvalue weighted by Crippen LogP contribution is -2.31. The highest BCUT2D eigenvalue weighted by Gasteiger charge is 2.21. The number of nitrogens with zero attached hydrogens (tertiary/aromatic N) is 2. The van der Waals surface area contributed by atoms with Gasteiger partial charge < -0.3 is 15.5 Å². The minimum absolute atomic E-state index is 0.204. The van der Waals surface area contributed by atoms with Crippen LogP contribution in [-0.2, 0) is 11.2 Å². The first-order valence-corrected chi connectivity index (χ1v) is 10.3. The smallest absolute Gasteiger partial charge is 0.223 e. The highest BCUT2D eigenvalue weighted by molar-refractivity contribution is 5.81. The fraction of sp³-hybridized carbons (Fsp3) is 0.240. The van der Waals surface area contributed by atoms with E-state index in [1.807, 2.05) is 12.1 Å². The molecule has 3 N–H and O–H groups in total. The quantitative estimate of drug-likeness (QED) is 0.531. The van der Waals surface area contributed by atoms with E-state index in [9.17, 15) is 20.1 Å². The van der Waals surface area contributed by atoms with Crippen LogP contribution in [0.1, 0.15) is 41.4 Å². The SMILES string of the molecule is CC([CH]c1oc2cc(C#N)ccc2c(=O)c1Cc1cccc(C#N)c1)C(=O)NCCCN. The summed E-state index contributed by atoms with van der Waals surface area (Å²) in [5, 5.41) is 21.5. The van der Waals surface area contributed by atoms with Crippen LogP contribution in [0.4, 0.5) is 0 Å². The molecule has 1 aromatic heterocycles. The van der Waals surface area contributed by atoms with Crippen LogP contribution in [-0.4, -0.2) is 19.0 Å². The summed E-state index contributed by atoms with van der Waals surface area (Å²) in [6, 6.07) is 15.8. The van der Waals surface area contributed by atoms with Crippen molar-refractivity contribution in [3.05, 3.63) is 87.1 Å². The number of fused-ring (bicyclic) bond motifs is 1. The van der Waals surface area contributed by atoms with E-state index in [0.29, 0.717) is 41.6 Å². The van der Waals surface area contributed by atoms with Gasteiger partial charge in [-0.3, -0.25) is 9.59 Å². The number of amides is 1. The zero-order valence-electron chi connectivity index (χ0n) is 17.7. The van der Waals surface area contributed by atoms with Crippen LogP contribution in [0.25, 0.3) is 11.0 Å². The molecule has 161 valence electrons. The van der Waals surface area contributed by atoms with Gasteiger partial charge in [0.05, 0.1) is 28.7 Å². The molecule has 1 radical (unpaired) electrons. The zero-order chi connectivity index (χ0) is 23.1. The van der Waals surface area contributed by atoms with Crippen molar-refractivity contribution in [3.8, 4) is 12.1 Å². The number of nitriles is 2. The first kappa shape index (κ1) is 22.7. The van der Waals surface area contributed by atoms with E-state index >= 15 is 0 Å². The molecular formula is C25H23N4O3. The molecule has 7 nitrogen and oxygen atoms in total. The van der Waals surface area contributed by atoms with Gasteiger partial charge in [0, 0.05) is 30.9 Å². The van der Waals surface area contributed by atoms with Crippen molar-refractivity contribution < 1.29 is 9.21 Å². The molecule has 0 aliphatic rings. The van der Waals surface area contributed by atoms with Crippen molar-refractivity contribution in [1.82, 2.24) is 5.32 Å². The Bertz CT molecular complexity index is 1280. The summed E-state index contributed by atoms with van der Waals surface area (Å²) < 4.78 is 6.02. The molecule has 32 heavy (non-hydrogen) atoms. The molecule has 0 saturated carbocycles. The Morgan fingerprint density at radius 3 is 2.66 bits per heavy atom. The van der Waals surface area contributed by atoms with Crippen LogP contribution in [0, 0.1) is 35.0 Å². The van der Waals surface area contributed by atoms with Gasteiger partial charge in [-0.1, -0.05) is 19.1 Å². The van der Waals surface area contributed by atoms with Crippen LogP contribution in [0.15, 0.2) is 51.7 Å². The van der Waals surface area contributed by atoms with E-state index in [2.05, 4.69) is 11.4 Å². The van der Waals surface area contributed by atoms with Crippen molar-refractivity contribution in [3.63, 3.8) is 0 Å². The van der Waals surface area contributed by atoms with Gasteiger partial charge in [-0.25, -0.2) is 0 Å². The molecule has 0 fully saturated rings. The van der Waals surface area contributed by atoms with Gasteiger partial charge in [0.1, 0.15) is 11.3 Å². The second kappa shape index (κ2) is 10.4. The molecule has 2 aromatic carbocycles. The Labute approximate surface area is 186 Å². The molecular weight excluding hydrogens is 404 g/mol. The lowest BCUT2D eigenvalue weighted by atomic mass is 9.95. The van der Waals surface area contributed by atoms with Gasteiger partial charge in [-0.05, 0) is 48.9 Å². The molecule has 0 aliphatic heterocycles. The highest BCUT2D eigenvalue weighted by atomic mass is 16.3. The van der Waals surface area contributed by atoms with Crippen LogP contribution in [0.3, 0.4) is 0 Å². The number of carbonyl (C=O) groups is 1. The van der Waals surface area contributed by atoms with E-state index in [1.54, 1.807) is 43.7 Å². The average molecular weight is 427 g/mol. The van der Waals surface area contributed by atoms with Crippen molar-refractivity contribution in [1.29, 1.82) is 10.5 Å². The maximum Gasteiger partial charge on any atom is 0.223 e. The molecule has 3 rings (SSSR count). The first-order valence-electron chi connectivity index (χ1n) is 10.3. The third-order valence-corrected chi connectivity index (χ3v) is 5.08. The molecule has 0 spiro atoms. The molecule has 1 heterocycles. The van der Waals surface area contributed by atoms with Gasteiger partial charge in [0.2, 0.25) is 5.91 Å². The summed E-state index contributed by atoms with van der Waals surface area (Å²) in [5.74, 6) is -0.484. The molecule has 0 bridgehead atoms. The Kier molecular flexibility index (Phi) is 7.38. The third-order valence-electron chi connectivity index (χ3n) is 5.08. The van der Waals surface area contributed by atoms with Gasteiger partial charge >= 0.3 is 0 Å². The number of benzene rings is 2. The molecule has 0 aliphatic carbocycles. The lowest BCUT2D eigenvalue weighted by Gasteiger charge is -2.15. The van der Waals surface area contributed by atoms with Crippen LogP contribution in [0.5, 0.6) is 0 Å². The Morgan fingerprint density at radius 2 is 1.94 bits per heavy atom. The molecule has 1 unspecified atom stereocenters. The summed E-state index contributed by atoms with van der Waals surface area (Å²) in [4.78, 5) is 25.8. The number of hydrogen-bond acceptors (Lipinski definition) is 6. The summed E-state index contributed by atoms with van der Waals surface area (Å²) in [6.07, 6.45) is 2.52. The van der Waals surface area contributed by atoms with Crippen molar-refractivity contribution in [2.75, 3.05) is 13.1 Å². The topological polar surface area (TPSA) is 133 Å².